The van der Waals surface area contributed by atoms with E-state index >= 15 is 0 Å². The van der Waals surface area contributed by atoms with Crippen LogP contribution in [0, 0.1) is 5.92 Å². The number of aryl methyl sites for hydroxylation is 1. The molecular weight excluding hydrogens is 464 g/mol. The first-order chi connectivity index (χ1) is 17.0. The molecule has 0 bridgehead atoms. The number of nitrogens with zero attached hydrogens (tertiary/aromatic N) is 3. The Balaban J connectivity index is 1.20. The van der Waals surface area contributed by atoms with Crippen molar-refractivity contribution in [2.24, 2.45) is 5.92 Å². The maximum atomic E-state index is 12.8. The topological polar surface area (TPSA) is 80.5 Å². The third kappa shape index (κ3) is 7.54. The molecule has 1 fully saturated rings. The summed E-state index contributed by atoms with van der Waals surface area (Å²) in [7, 11) is 0. The number of carbonyl (C=O) groups is 1. The molecule has 1 aliphatic rings. The predicted molar refractivity (Wildman–Crippen MR) is 136 cm³/mol. The van der Waals surface area contributed by atoms with E-state index in [4.69, 9.17) is 20.9 Å². The van der Waals surface area contributed by atoms with Gasteiger partial charge in [-0.3, -0.25) is 9.69 Å². The van der Waals surface area contributed by atoms with Crippen molar-refractivity contribution in [3.05, 3.63) is 65.0 Å². The highest BCUT2D eigenvalue weighted by molar-refractivity contribution is 6.30. The van der Waals surface area contributed by atoms with E-state index < -0.39 is 0 Å². The van der Waals surface area contributed by atoms with Gasteiger partial charge in [0.2, 0.25) is 17.6 Å². The van der Waals surface area contributed by atoms with Crippen LogP contribution in [0.1, 0.15) is 44.6 Å². The number of aromatic nitrogens is 2. The van der Waals surface area contributed by atoms with Gasteiger partial charge >= 0.3 is 0 Å². The summed E-state index contributed by atoms with van der Waals surface area (Å²) in [6.45, 7) is 6.85. The van der Waals surface area contributed by atoms with E-state index in [1.165, 1.54) is 5.56 Å². The van der Waals surface area contributed by atoms with Gasteiger partial charge in [-0.1, -0.05) is 41.0 Å². The Hall–Kier alpha value is -2.90. The van der Waals surface area contributed by atoms with Crippen LogP contribution in [0.4, 0.5) is 0 Å². The van der Waals surface area contributed by atoms with Gasteiger partial charge in [0.15, 0.2) is 0 Å². The van der Waals surface area contributed by atoms with Gasteiger partial charge < -0.3 is 14.6 Å². The van der Waals surface area contributed by atoms with Gasteiger partial charge in [-0.15, -0.1) is 0 Å². The molecule has 1 aromatic heterocycles. The van der Waals surface area contributed by atoms with E-state index in [1.807, 2.05) is 50.2 Å². The Labute approximate surface area is 211 Å². The Morgan fingerprint density at radius 1 is 1.26 bits per heavy atom. The average molecular weight is 497 g/mol. The molecular formula is C27H33ClN4O3. The quantitative estimate of drug-likeness (QED) is 0.391. The number of ether oxygens (including phenoxy) is 1. The second-order valence-electron chi connectivity index (χ2n) is 9.30. The van der Waals surface area contributed by atoms with E-state index in [1.54, 1.807) is 0 Å². The molecule has 35 heavy (non-hydrogen) atoms. The molecule has 8 heteroatoms. The fraction of sp³-hybridized carbons (Fsp3) is 0.444. The first-order valence-corrected chi connectivity index (χ1v) is 12.7. The molecule has 4 rings (SSSR count). The third-order valence-corrected chi connectivity index (χ3v) is 6.26. The lowest BCUT2D eigenvalue weighted by Gasteiger charge is -2.30. The molecule has 1 N–H and O–H groups in total. The van der Waals surface area contributed by atoms with Gasteiger partial charge in [-0.05, 0) is 75.9 Å². The zero-order chi connectivity index (χ0) is 24.6. The standard InChI is InChI=1S/C27H33ClN4O3/c1-19(2)34-24-12-10-20(11-13-24)6-4-14-29-27(33)22-8-5-15-32(17-22)18-25-30-26(31-35-25)21-7-3-9-23(28)16-21/h3,7,9-13,16,19,22H,4-6,8,14-15,17-18H2,1-2H3,(H,29,33). The second-order valence-corrected chi connectivity index (χ2v) is 9.74. The Morgan fingerprint density at radius 3 is 2.86 bits per heavy atom. The first kappa shape index (κ1) is 25.2. The van der Waals surface area contributed by atoms with Gasteiger partial charge in [0, 0.05) is 23.7 Å². The molecule has 1 aliphatic heterocycles. The zero-order valence-electron chi connectivity index (χ0n) is 20.4. The van der Waals surface area contributed by atoms with Crippen LogP contribution < -0.4 is 10.1 Å². The van der Waals surface area contributed by atoms with Crippen LogP contribution >= 0.6 is 11.6 Å². The highest BCUT2D eigenvalue weighted by atomic mass is 35.5. The summed E-state index contributed by atoms with van der Waals surface area (Å²) in [4.78, 5) is 19.5. The number of halogens is 1. The SMILES string of the molecule is CC(C)Oc1ccc(CCCNC(=O)C2CCCN(Cc3nc(-c4cccc(Cl)c4)no3)C2)cc1. The number of piperidine rings is 1. The van der Waals surface area contributed by atoms with Gasteiger partial charge in [0.25, 0.3) is 0 Å². The van der Waals surface area contributed by atoms with E-state index in [0.29, 0.717) is 36.4 Å². The molecule has 2 aromatic carbocycles. The molecule has 0 spiro atoms. The summed E-state index contributed by atoms with van der Waals surface area (Å²) in [6, 6.07) is 15.6. The third-order valence-electron chi connectivity index (χ3n) is 6.02. The fourth-order valence-corrected chi connectivity index (χ4v) is 4.51. The second kappa shape index (κ2) is 12.2. The van der Waals surface area contributed by atoms with Crippen LogP contribution in [0.15, 0.2) is 53.1 Å². The summed E-state index contributed by atoms with van der Waals surface area (Å²) in [5.74, 6) is 2.06. The highest BCUT2D eigenvalue weighted by Crippen LogP contribution is 2.22. The van der Waals surface area contributed by atoms with Crippen LogP contribution in [0.25, 0.3) is 11.4 Å². The monoisotopic (exact) mass is 496 g/mol. The molecule has 0 aliphatic carbocycles. The lowest BCUT2D eigenvalue weighted by molar-refractivity contribution is -0.126. The van der Waals surface area contributed by atoms with Crippen LogP contribution in [0.3, 0.4) is 0 Å². The zero-order valence-corrected chi connectivity index (χ0v) is 21.1. The van der Waals surface area contributed by atoms with Crippen LogP contribution in [-0.2, 0) is 17.8 Å². The molecule has 0 saturated carbocycles. The number of carbonyl (C=O) groups excluding carboxylic acids is 1. The van der Waals surface area contributed by atoms with Gasteiger partial charge in [-0.25, -0.2) is 0 Å². The van der Waals surface area contributed by atoms with Crippen molar-refractivity contribution < 1.29 is 14.1 Å². The lowest BCUT2D eigenvalue weighted by atomic mass is 9.97. The number of likely N-dealkylation sites (tertiary alicyclic amines) is 1. The van der Waals surface area contributed by atoms with E-state index in [-0.39, 0.29) is 17.9 Å². The molecule has 1 saturated heterocycles. The Kier molecular flexibility index (Phi) is 8.77. The van der Waals surface area contributed by atoms with Crippen molar-refractivity contribution in [1.82, 2.24) is 20.4 Å². The Morgan fingerprint density at radius 2 is 2.09 bits per heavy atom. The largest absolute Gasteiger partial charge is 0.491 e. The van der Waals surface area contributed by atoms with E-state index in [0.717, 1.165) is 43.5 Å². The molecule has 1 unspecified atom stereocenters. The van der Waals surface area contributed by atoms with Crippen molar-refractivity contribution in [3.8, 4) is 17.1 Å². The minimum absolute atomic E-state index is 0.0217. The molecule has 2 heterocycles. The minimum Gasteiger partial charge on any atom is -0.491 e. The van der Waals surface area contributed by atoms with Crippen molar-refractivity contribution in [3.63, 3.8) is 0 Å². The number of hydrogen-bond donors (Lipinski definition) is 1. The summed E-state index contributed by atoms with van der Waals surface area (Å²) in [5, 5.41) is 7.84. The number of nitrogens with one attached hydrogen (secondary N) is 1. The minimum atomic E-state index is -0.0217. The molecule has 0 radical (unpaired) electrons. The van der Waals surface area contributed by atoms with E-state index in [2.05, 4.69) is 32.5 Å². The summed E-state index contributed by atoms with van der Waals surface area (Å²) in [5.41, 5.74) is 2.07. The fourth-order valence-electron chi connectivity index (χ4n) is 4.32. The van der Waals surface area contributed by atoms with Gasteiger partial charge in [0.1, 0.15) is 5.75 Å². The normalized spacial score (nSPS) is 16.4. The smallest absolute Gasteiger partial charge is 0.241 e. The maximum Gasteiger partial charge on any atom is 0.241 e. The summed E-state index contributed by atoms with van der Waals surface area (Å²) < 4.78 is 11.1. The number of hydrogen-bond acceptors (Lipinski definition) is 6. The van der Waals surface area contributed by atoms with Crippen molar-refractivity contribution in [2.75, 3.05) is 19.6 Å². The van der Waals surface area contributed by atoms with Crippen molar-refractivity contribution >= 4 is 17.5 Å². The van der Waals surface area contributed by atoms with Crippen LogP contribution in [0.2, 0.25) is 5.02 Å². The summed E-state index contributed by atoms with van der Waals surface area (Å²) >= 11 is 6.06. The van der Waals surface area contributed by atoms with Gasteiger partial charge in [-0.2, -0.15) is 4.98 Å². The van der Waals surface area contributed by atoms with Crippen molar-refractivity contribution in [2.45, 2.75) is 52.2 Å². The van der Waals surface area contributed by atoms with Crippen LogP contribution in [0.5, 0.6) is 5.75 Å². The lowest BCUT2D eigenvalue weighted by Crippen LogP contribution is -2.43. The van der Waals surface area contributed by atoms with Crippen molar-refractivity contribution in [1.29, 1.82) is 0 Å². The Bertz CT molecular complexity index is 1100. The molecule has 186 valence electrons. The molecule has 7 nitrogen and oxygen atoms in total. The average Bonchev–Trinajstić information content (AvgIpc) is 3.31. The van der Waals surface area contributed by atoms with E-state index in [9.17, 15) is 4.79 Å². The highest BCUT2D eigenvalue weighted by Gasteiger charge is 2.26. The maximum absolute atomic E-state index is 12.8. The summed E-state index contributed by atoms with van der Waals surface area (Å²) in [6.07, 6.45) is 3.87. The predicted octanol–water partition coefficient (Wildman–Crippen LogP) is 5.14. The first-order valence-electron chi connectivity index (χ1n) is 12.3. The molecule has 1 amide bonds. The van der Waals surface area contributed by atoms with Gasteiger partial charge in [0.05, 0.1) is 18.6 Å². The van der Waals surface area contributed by atoms with Crippen LogP contribution in [-0.4, -0.2) is 46.7 Å². The molecule has 1 atom stereocenters. The number of rotatable bonds is 10. The number of amides is 1. The molecule has 3 aromatic rings. The number of benzene rings is 2.